The second-order valence-electron chi connectivity index (χ2n) is 12.6. The standard InChI is InChI=1S/C46H28N4S/c1-2-13-33-30(11-1)12-9-16-35(33)45-43-36-14-3-4-20-42(36)51-46(43)37-17-10-15-34(44(37)50-45)31-23-21-29(22-24-31)32-27-40(38-18-5-7-25-47-38)49-41(28-32)39-19-6-8-26-48-39/h1-28H. The predicted octanol–water partition coefficient (Wildman–Crippen LogP) is 12.3. The topological polar surface area (TPSA) is 51.6 Å². The molecule has 4 nitrogen and oxygen atoms in total. The number of pyridine rings is 4. The van der Waals surface area contributed by atoms with Gasteiger partial charge in [0.15, 0.2) is 0 Å². The highest BCUT2D eigenvalue weighted by atomic mass is 32.1. The van der Waals surface area contributed by atoms with Crippen molar-refractivity contribution in [3.63, 3.8) is 0 Å². The first-order chi connectivity index (χ1) is 25.3. The Morgan fingerprint density at radius 1 is 0.412 bits per heavy atom. The molecule has 51 heavy (non-hydrogen) atoms. The molecule has 238 valence electrons. The van der Waals surface area contributed by atoms with Crippen LogP contribution in [-0.4, -0.2) is 19.9 Å². The lowest BCUT2D eigenvalue weighted by atomic mass is 9.95. The lowest BCUT2D eigenvalue weighted by Gasteiger charge is -2.13. The average Bonchev–Trinajstić information content (AvgIpc) is 3.61. The second kappa shape index (κ2) is 12.1. The van der Waals surface area contributed by atoms with Crippen molar-refractivity contribution in [2.75, 3.05) is 0 Å². The van der Waals surface area contributed by atoms with Crippen LogP contribution in [0.3, 0.4) is 0 Å². The number of hydrogen-bond donors (Lipinski definition) is 0. The molecular formula is C46H28N4S. The molecule has 0 spiro atoms. The van der Waals surface area contributed by atoms with Crippen LogP contribution in [-0.2, 0) is 0 Å². The van der Waals surface area contributed by atoms with Crippen molar-refractivity contribution in [2.24, 2.45) is 0 Å². The van der Waals surface area contributed by atoms with E-state index in [2.05, 4.69) is 131 Å². The van der Waals surface area contributed by atoms with Crippen molar-refractivity contribution < 1.29 is 0 Å². The fourth-order valence-electron chi connectivity index (χ4n) is 7.18. The first-order valence-corrected chi connectivity index (χ1v) is 17.8. The van der Waals surface area contributed by atoms with Crippen LogP contribution < -0.4 is 0 Å². The third-order valence-electron chi connectivity index (χ3n) is 9.59. The molecule has 0 saturated carbocycles. The first-order valence-electron chi connectivity index (χ1n) is 17.0. The van der Waals surface area contributed by atoms with Gasteiger partial charge in [-0.15, -0.1) is 11.3 Å². The highest BCUT2D eigenvalue weighted by Gasteiger charge is 2.19. The molecule has 0 fully saturated rings. The molecule has 10 rings (SSSR count). The molecule has 0 aliphatic rings. The smallest absolute Gasteiger partial charge is 0.0900 e. The minimum absolute atomic E-state index is 0.810. The van der Waals surface area contributed by atoms with Gasteiger partial charge in [0.25, 0.3) is 0 Å². The van der Waals surface area contributed by atoms with Gasteiger partial charge in [-0.2, -0.15) is 0 Å². The van der Waals surface area contributed by atoms with Gasteiger partial charge in [-0.25, -0.2) is 9.97 Å². The molecule has 5 aromatic heterocycles. The van der Waals surface area contributed by atoms with Crippen molar-refractivity contribution in [3.05, 3.63) is 170 Å². The summed E-state index contributed by atoms with van der Waals surface area (Å²) in [6.07, 6.45) is 3.60. The minimum Gasteiger partial charge on any atom is -0.255 e. The van der Waals surface area contributed by atoms with Crippen LogP contribution in [0.25, 0.3) is 98.1 Å². The number of nitrogens with zero attached hydrogens (tertiary/aromatic N) is 4. The number of para-hydroxylation sites is 1. The Morgan fingerprint density at radius 2 is 1.02 bits per heavy atom. The number of benzene rings is 5. The van der Waals surface area contributed by atoms with Gasteiger partial charge in [0, 0.05) is 49.1 Å². The summed E-state index contributed by atoms with van der Waals surface area (Å²) < 4.78 is 2.54. The summed E-state index contributed by atoms with van der Waals surface area (Å²) in [5.41, 5.74) is 10.8. The van der Waals surface area contributed by atoms with E-state index in [1.807, 2.05) is 47.7 Å². The molecule has 5 aromatic carbocycles. The monoisotopic (exact) mass is 668 g/mol. The predicted molar refractivity (Wildman–Crippen MR) is 213 cm³/mol. The van der Waals surface area contributed by atoms with Crippen LogP contribution in [0.15, 0.2) is 170 Å². The van der Waals surface area contributed by atoms with Crippen molar-refractivity contribution in [1.82, 2.24) is 19.9 Å². The lowest BCUT2D eigenvalue weighted by Crippen LogP contribution is -1.94. The van der Waals surface area contributed by atoms with Crippen molar-refractivity contribution in [2.45, 2.75) is 0 Å². The largest absolute Gasteiger partial charge is 0.255 e. The van der Waals surface area contributed by atoms with E-state index in [9.17, 15) is 0 Å². The third kappa shape index (κ3) is 5.06. The van der Waals surface area contributed by atoms with E-state index >= 15 is 0 Å². The quantitative estimate of drug-likeness (QED) is 0.183. The number of hydrogen-bond acceptors (Lipinski definition) is 5. The normalized spacial score (nSPS) is 11.5. The Bertz CT molecular complexity index is 2840. The summed E-state index contributed by atoms with van der Waals surface area (Å²) >= 11 is 1.85. The number of fused-ring (bicyclic) bond motifs is 6. The van der Waals surface area contributed by atoms with E-state index in [4.69, 9.17) is 9.97 Å². The molecule has 10 aromatic rings. The van der Waals surface area contributed by atoms with Gasteiger partial charge in [-0.05, 0) is 69.9 Å². The van der Waals surface area contributed by atoms with Gasteiger partial charge in [-0.3, -0.25) is 9.97 Å². The molecule has 0 radical (unpaired) electrons. The van der Waals surface area contributed by atoms with E-state index in [0.29, 0.717) is 0 Å². The van der Waals surface area contributed by atoms with Gasteiger partial charge in [-0.1, -0.05) is 115 Å². The number of aromatic nitrogens is 4. The molecule has 5 heterocycles. The Labute approximate surface area is 298 Å². The summed E-state index contributed by atoms with van der Waals surface area (Å²) in [6, 6.07) is 55.2. The molecule has 0 saturated heterocycles. The maximum absolute atomic E-state index is 5.58. The summed E-state index contributed by atoms with van der Waals surface area (Å²) in [6.45, 7) is 0. The van der Waals surface area contributed by atoms with Gasteiger partial charge in [0.05, 0.1) is 34.0 Å². The molecule has 0 unspecified atom stereocenters. The van der Waals surface area contributed by atoms with Crippen LogP contribution in [0.1, 0.15) is 0 Å². The zero-order valence-electron chi connectivity index (χ0n) is 27.4. The molecule has 0 N–H and O–H groups in total. The molecule has 5 heteroatoms. The van der Waals surface area contributed by atoms with Crippen LogP contribution in [0, 0.1) is 0 Å². The van der Waals surface area contributed by atoms with Crippen molar-refractivity contribution in [3.8, 4) is 56.3 Å². The number of rotatable bonds is 5. The second-order valence-corrected chi connectivity index (χ2v) is 13.7. The summed E-state index contributed by atoms with van der Waals surface area (Å²) in [4.78, 5) is 19.7. The molecular weight excluding hydrogens is 641 g/mol. The Hall–Kier alpha value is -6.56. The zero-order valence-corrected chi connectivity index (χ0v) is 28.2. The van der Waals surface area contributed by atoms with E-state index in [1.54, 1.807) is 12.4 Å². The average molecular weight is 669 g/mol. The first kappa shape index (κ1) is 29.4. The summed E-state index contributed by atoms with van der Waals surface area (Å²) in [5.74, 6) is 0. The lowest BCUT2D eigenvalue weighted by molar-refractivity contribution is 1.22. The van der Waals surface area contributed by atoms with Crippen molar-refractivity contribution >= 4 is 53.2 Å². The Kier molecular flexibility index (Phi) is 6.96. The van der Waals surface area contributed by atoms with Crippen LogP contribution >= 0.6 is 11.3 Å². The van der Waals surface area contributed by atoms with Gasteiger partial charge in [0.2, 0.25) is 0 Å². The number of thiophene rings is 1. The highest BCUT2D eigenvalue weighted by molar-refractivity contribution is 7.26. The SMILES string of the molecule is c1ccc(-c2cc(-c3ccc(-c4cccc5c4nc(-c4cccc6ccccc46)c4c6ccccc6sc54)cc3)cc(-c3ccccn3)n2)nc1. The molecule has 0 bridgehead atoms. The molecule has 0 aliphatic heterocycles. The van der Waals surface area contributed by atoms with E-state index in [-0.39, 0.29) is 0 Å². The Morgan fingerprint density at radius 3 is 1.76 bits per heavy atom. The maximum atomic E-state index is 5.58. The fraction of sp³-hybridized carbons (Fsp3) is 0. The van der Waals surface area contributed by atoms with Crippen LogP contribution in [0.4, 0.5) is 0 Å². The molecule has 0 atom stereocenters. The van der Waals surface area contributed by atoms with Gasteiger partial charge >= 0.3 is 0 Å². The molecule has 0 aliphatic carbocycles. The van der Waals surface area contributed by atoms with Gasteiger partial charge in [0.1, 0.15) is 0 Å². The highest BCUT2D eigenvalue weighted by Crippen LogP contribution is 2.45. The van der Waals surface area contributed by atoms with Crippen molar-refractivity contribution in [1.29, 1.82) is 0 Å². The van der Waals surface area contributed by atoms with E-state index in [0.717, 1.165) is 61.8 Å². The third-order valence-corrected chi connectivity index (χ3v) is 10.8. The maximum Gasteiger partial charge on any atom is 0.0900 e. The van der Waals surface area contributed by atoms with Gasteiger partial charge < -0.3 is 0 Å². The fourth-order valence-corrected chi connectivity index (χ4v) is 8.41. The Balaban J connectivity index is 1.15. The molecule has 0 amide bonds. The summed E-state index contributed by atoms with van der Waals surface area (Å²) in [5, 5.41) is 6.06. The zero-order chi connectivity index (χ0) is 33.7. The van der Waals surface area contributed by atoms with Crippen LogP contribution in [0.2, 0.25) is 0 Å². The van der Waals surface area contributed by atoms with Crippen LogP contribution in [0.5, 0.6) is 0 Å². The minimum atomic E-state index is 0.810. The summed E-state index contributed by atoms with van der Waals surface area (Å²) in [7, 11) is 0. The van der Waals surface area contributed by atoms with E-state index in [1.165, 1.54) is 36.3 Å². The van der Waals surface area contributed by atoms with E-state index < -0.39 is 0 Å².